The van der Waals surface area contributed by atoms with Crippen LogP contribution in [0.5, 0.6) is 0 Å². The highest BCUT2D eigenvalue weighted by atomic mass is 35.5. The van der Waals surface area contributed by atoms with Crippen LogP contribution in [0.25, 0.3) is 0 Å². The topological polar surface area (TPSA) is 25.2 Å². The van der Waals surface area contributed by atoms with Gasteiger partial charge in [-0.05, 0) is 49.3 Å². The van der Waals surface area contributed by atoms with Crippen molar-refractivity contribution >= 4 is 12.4 Å². The molecule has 1 heterocycles. The first kappa shape index (κ1) is 11.7. The number of fused-ring (bicyclic) bond motifs is 2. The first-order valence-corrected chi connectivity index (χ1v) is 5.83. The SMILES string of the molecule is C1=C[C@H]2C[C@@H]1CC2CNCc1ccco1.Cl. The molecule has 0 saturated heterocycles. The molecular weight excluding hydrogens is 222 g/mol. The molecule has 2 nitrogen and oxygen atoms in total. The highest BCUT2D eigenvalue weighted by Gasteiger charge is 2.34. The van der Waals surface area contributed by atoms with Gasteiger partial charge in [0.2, 0.25) is 0 Å². The summed E-state index contributed by atoms with van der Waals surface area (Å²) in [6.45, 7) is 2.00. The Kier molecular flexibility index (Phi) is 3.72. The summed E-state index contributed by atoms with van der Waals surface area (Å²) in [5.74, 6) is 3.62. The summed E-state index contributed by atoms with van der Waals surface area (Å²) in [5, 5.41) is 3.49. The van der Waals surface area contributed by atoms with Crippen molar-refractivity contribution in [2.24, 2.45) is 17.8 Å². The molecule has 0 radical (unpaired) electrons. The standard InChI is InChI=1S/C13H17NO.ClH/c1-2-13(15-5-1)9-14-8-12-7-10-3-4-11(12)6-10;/h1-5,10-12,14H,6-9H2;1H/t10-,11+,12?;/m1./s1. The zero-order valence-electron chi connectivity index (χ0n) is 9.26. The lowest BCUT2D eigenvalue weighted by Gasteiger charge is -2.17. The smallest absolute Gasteiger partial charge is 0.117 e. The predicted octanol–water partition coefficient (Wildman–Crippen LogP) is 3.00. The van der Waals surface area contributed by atoms with Crippen molar-refractivity contribution in [1.29, 1.82) is 0 Å². The number of nitrogens with one attached hydrogen (secondary N) is 1. The Balaban J connectivity index is 0.000000963. The lowest BCUT2D eigenvalue weighted by Crippen LogP contribution is -2.24. The molecule has 0 aromatic carbocycles. The van der Waals surface area contributed by atoms with Crippen LogP contribution in [0.1, 0.15) is 18.6 Å². The molecule has 1 N–H and O–H groups in total. The summed E-state index contributed by atoms with van der Waals surface area (Å²) in [4.78, 5) is 0. The van der Waals surface area contributed by atoms with Crippen molar-refractivity contribution in [3.05, 3.63) is 36.3 Å². The van der Waals surface area contributed by atoms with Gasteiger partial charge in [-0.25, -0.2) is 0 Å². The third-order valence-corrected chi connectivity index (χ3v) is 3.70. The fourth-order valence-corrected chi connectivity index (χ4v) is 2.92. The van der Waals surface area contributed by atoms with Crippen LogP contribution in [0.15, 0.2) is 35.0 Å². The van der Waals surface area contributed by atoms with Crippen molar-refractivity contribution in [1.82, 2.24) is 5.32 Å². The second kappa shape index (κ2) is 5.07. The van der Waals surface area contributed by atoms with Gasteiger partial charge in [0.25, 0.3) is 0 Å². The minimum Gasteiger partial charge on any atom is -0.468 e. The van der Waals surface area contributed by atoms with E-state index in [0.29, 0.717) is 0 Å². The van der Waals surface area contributed by atoms with Crippen LogP contribution < -0.4 is 5.32 Å². The van der Waals surface area contributed by atoms with E-state index in [4.69, 9.17) is 4.42 Å². The van der Waals surface area contributed by atoms with E-state index in [1.54, 1.807) is 6.26 Å². The molecule has 1 unspecified atom stereocenters. The van der Waals surface area contributed by atoms with E-state index in [2.05, 4.69) is 17.5 Å². The summed E-state index contributed by atoms with van der Waals surface area (Å²) >= 11 is 0. The molecule has 16 heavy (non-hydrogen) atoms. The average Bonchev–Trinajstić information content (AvgIpc) is 2.93. The molecule has 0 spiro atoms. The molecule has 1 saturated carbocycles. The van der Waals surface area contributed by atoms with E-state index < -0.39 is 0 Å². The van der Waals surface area contributed by atoms with Gasteiger partial charge in [-0.15, -0.1) is 12.4 Å². The molecule has 1 aromatic heterocycles. The summed E-state index contributed by atoms with van der Waals surface area (Å²) in [6.07, 6.45) is 9.32. The van der Waals surface area contributed by atoms with Crippen LogP contribution in [-0.4, -0.2) is 6.54 Å². The van der Waals surface area contributed by atoms with Crippen LogP contribution in [0.3, 0.4) is 0 Å². The Hall–Kier alpha value is -0.730. The molecule has 88 valence electrons. The highest BCUT2D eigenvalue weighted by Crippen LogP contribution is 2.42. The number of halogens is 1. The van der Waals surface area contributed by atoms with Gasteiger partial charge in [-0.3, -0.25) is 0 Å². The third-order valence-electron chi connectivity index (χ3n) is 3.70. The second-order valence-electron chi connectivity index (χ2n) is 4.75. The fourth-order valence-electron chi connectivity index (χ4n) is 2.92. The summed E-state index contributed by atoms with van der Waals surface area (Å²) < 4.78 is 5.28. The van der Waals surface area contributed by atoms with Crippen molar-refractivity contribution in [3.8, 4) is 0 Å². The van der Waals surface area contributed by atoms with Gasteiger partial charge in [-0.1, -0.05) is 12.2 Å². The molecule has 0 aliphatic heterocycles. The lowest BCUT2D eigenvalue weighted by molar-refractivity contribution is 0.397. The number of hydrogen-bond donors (Lipinski definition) is 1. The van der Waals surface area contributed by atoms with Crippen LogP contribution in [-0.2, 0) is 6.54 Å². The average molecular weight is 240 g/mol. The van der Waals surface area contributed by atoms with Crippen LogP contribution >= 0.6 is 12.4 Å². The maximum Gasteiger partial charge on any atom is 0.117 e. The predicted molar refractivity (Wildman–Crippen MR) is 66.5 cm³/mol. The number of furan rings is 1. The number of hydrogen-bond acceptors (Lipinski definition) is 2. The number of rotatable bonds is 4. The van der Waals surface area contributed by atoms with Crippen molar-refractivity contribution < 1.29 is 4.42 Å². The van der Waals surface area contributed by atoms with E-state index in [9.17, 15) is 0 Å². The highest BCUT2D eigenvalue weighted by molar-refractivity contribution is 5.85. The number of allylic oxidation sites excluding steroid dienone is 2. The zero-order valence-corrected chi connectivity index (χ0v) is 10.1. The third kappa shape index (κ3) is 2.33. The Morgan fingerprint density at radius 3 is 2.88 bits per heavy atom. The van der Waals surface area contributed by atoms with Gasteiger partial charge < -0.3 is 9.73 Å². The minimum atomic E-state index is 0. The molecule has 3 rings (SSSR count). The van der Waals surface area contributed by atoms with E-state index in [1.807, 2.05) is 12.1 Å². The second-order valence-corrected chi connectivity index (χ2v) is 4.75. The summed E-state index contributed by atoms with van der Waals surface area (Å²) in [6, 6.07) is 3.96. The van der Waals surface area contributed by atoms with Gasteiger partial charge in [0.15, 0.2) is 0 Å². The van der Waals surface area contributed by atoms with E-state index >= 15 is 0 Å². The molecule has 1 fully saturated rings. The quantitative estimate of drug-likeness (QED) is 0.818. The molecule has 2 bridgehead atoms. The molecule has 3 atom stereocenters. The van der Waals surface area contributed by atoms with Crippen molar-refractivity contribution in [2.75, 3.05) is 6.54 Å². The Bertz CT molecular complexity index is 347. The van der Waals surface area contributed by atoms with E-state index in [-0.39, 0.29) is 12.4 Å². The van der Waals surface area contributed by atoms with Crippen molar-refractivity contribution in [2.45, 2.75) is 19.4 Å². The van der Waals surface area contributed by atoms with Gasteiger partial charge in [0, 0.05) is 0 Å². The van der Waals surface area contributed by atoms with Gasteiger partial charge >= 0.3 is 0 Å². The van der Waals surface area contributed by atoms with Crippen LogP contribution in [0, 0.1) is 17.8 Å². The Labute approximate surface area is 103 Å². The first-order chi connectivity index (χ1) is 7.42. The molecular formula is C13H18ClNO. The van der Waals surface area contributed by atoms with Crippen LogP contribution in [0.4, 0.5) is 0 Å². The molecule has 2 aliphatic carbocycles. The Morgan fingerprint density at radius 1 is 1.31 bits per heavy atom. The Morgan fingerprint density at radius 2 is 2.25 bits per heavy atom. The lowest BCUT2D eigenvalue weighted by atomic mass is 9.94. The molecule has 1 aromatic rings. The molecule has 0 amide bonds. The minimum absolute atomic E-state index is 0. The van der Waals surface area contributed by atoms with Gasteiger partial charge in [0.1, 0.15) is 5.76 Å². The first-order valence-electron chi connectivity index (χ1n) is 5.83. The monoisotopic (exact) mass is 239 g/mol. The largest absolute Gasteiger partial charge is 0.468 e. The fraction of sp³-hybridized carbons (Fsp3) is 0.538. The summed E-state index contributed by atoms with van der Waals surface area (Å²) in [5.41, 5.74) is 0. The summed E-state index contributed by atoms with van der Waals surface area (Å²) in [7, 11) is 0. The van der Waals surface area contributed by atoms with E-state index in [1.165, 1.54) is 12.8 Å². The van der Waals surface area contributed by atoms with E-state index in [0.717, 1.165) is 36.6 Å². The maximum absolute atomic E-state index is 5.28. The van der Waals surface area contributed by atoms with Gasteiger partial charge in [-0.2, -0.15) is 0 Å². The maximum atomic E-state index is 5.28. The molecule has 3 heteroatoms. The molecule has 2 aliphatic rings. The van der Waals surface area contributed by atoms with Crippen molar-refractivity contribution in [3.63, 3.8) is 0 Å². The normalized spacial score (nSPS) is 30.6. The van der Waals surface area contributed by atoms with Crippen LogP contribution in [0.2, 0.25) is 0 Å². The van der Waals surface area contributed by atoms with Gasteiger partial charge in [0.05, 0.1) is 12.8 Å². The zero-order chi connectivity index (χ0) is 10.1.